The lowest BCUT2D eigenvalue weighted by Crippen LogP contribution is -2.46. The molecule has 1 aliphatic carbocycles. The summed E-state index contributed by atoms with van der Waals surface area (Å²) in [6.07, 6.45) is 9.39. The maximum absolute atomic E-state index is 11.6. The van der Waals surface area contributed by atoms with E-state index in [2.05, 4.69) is 49.1 Å². The molecule has 5 heteroatoms. The predicted molar refractivity (Wildman–Crippen MR) is 133 cm³/mol. The number of nitriles is 1. The van der Waals surface area contributed by atoms with Gasteiger partial charge in [0.1, 0.15) is 17.4 Å². The Kier molecular flexibility index (Phi) is 6.53. The van der Waals surface area contributed by atoms with Crippen LogP contribution in [-0.2, 0) is 4.79 Å². The third-order valence-electron chi connectivity index (χ3n) is 8.64. The van der Waals surface area contributed by atoms with Crippen LogP contribution in [-0.4, -0.2) is 34.2 Å². The first-order valence-corrected chi connectivity index (χ1v) is 13.1. The molecule has 1 N–H and O–H groups in total. The molecule has 2 aliphatic heterocycles. The molecule has 2 aromatic carbocycles. The highest BCUT2D eigenvalue weighted by Crippen LogP contribution is 2.45. The Morgan fingerprint density at radius 1 is 1.12 bits per heavy atom. The van der Waals surface area contributed by atoms with Gasteiger partial charge in [-0.3, -0.25) is 9.69 Å². The van der Waals surface area contributed by atoms with Gasteiger partial charge in [-0.25, -0.2) is 0 Å². The number of carboxylic acid groups (broad SMARTS) is 1. The zero-order valence-corrected chi connectivity index (χ0v) is 20.4. The number of hydrogen-bond donors (Lipinski definition) is 1. The average Bonchev–Trinajstić information content (AvgIpc) is 3.08. The topological polar surface area (TPSA) is 73.6 Å². The summed E-state index contributed by atoms with van der Waals surface area (Å²) >= 11 is 0. The number of nitrogens with zero attached hydrogens (tertiary/aromatic N) is 2. The van der Waals surface area contributed by atoms with Crippen molar-refractivity contribution in [1.82, 2.24) is 4.90 Å². The van der Waals surface area contributed by atoms with Gasteiger partial charge in [-0.1, -0.05) is 32.0 Å². The summed E-state index contributed by atoms with van der Waals surface area (Å²) in [6, 6.07) is 14.0. The van der Waals surface area contributed by atoms with Crippen molar-refractivity contribution in [2.75, 3.05) is 0 Å². The Bertz CT molecular complexity index is 1080. The molecule has 0 radical (unpaired) electrons. The minimum Gasteiger partial charge on any atom is -0.489 e. The number of aliphatic carboxylic acids is 1. The summed E-state index contributed by atoms with van der Waals surface area (Å²) < 4.78 is 6.31. The molecule has 2 bridgehead atoms. The molecule has 5 nitrogen and oxygen atoms in total. The van der Waals surface area contributed by atoms with Gasteiger partial charge < -0.3 is 9.84 Å². The molecule has 3 aliphatic rings. The lowest BCUT2D eigenvalue weighted by molar-refractivity contribution is -0.144. The van der Waals surface area contributed by atoms with E-state index in [9.17, 15) is 15.2 Å². The predicted octanol–water partition coefficient (Wildman–Crippen LogP) is 6.45. The zero-order valence-electron chi connectivity index (χ0n) is 20.4. The maximum Gasteiger partial charge on any atom is 0.306 e. The molecule has 5 rings (SSSR count). The monoisotopic (exact) mass is 460 g/mol. The quantitative estimate of drug-likeness (QED) is 0.536. The van der Waals surface area contributed by atoms with Crippen LogP contribution in [0.15, 0.2) is 30.3 Å². The van der Waals surface area contributed by atoms with E-state index in [0.717, 1.165) is 61.6 Å². The smallest absolute Gasteiger partial charge is 0.306 e. The van der Waals surface area contributed by atoms with Gasteiger partial charge in [-0.15, -0.1) is 0 Å². The van der Waals surface area contributed by atoms with Gasteiger partial charge in [0.05, 0.1) is 12.0 Å². The van der Waals surface area contributed by atoms with Gasteiger partial charge in [-0.05, 0) is 86.8 Å². The summed E-state index contributed by atoms with van der Waals surface area (Å²) in [4.78, 5) is 14.2. The molecule has 3 atom stereocenters. The van der Waals surface area contributed by atoms with Crippen LogP contribution < -0.4 is 4.74 Å². The highest BCUT2D eigenvalue weighted by atomic mass is 16.5. The standard InChI is InChI=1S/C29H36N2O3/c1-3-27(31-22-8-9-23(31)16-21(15-22)29(32)33)20-6-12-25-19(14-20)7-13-28(26(25)17-30)34-24-10-4-18(2)5-11-24/h6-7,12-14,18,21-24,27H,3-5,8-11,15-16H2,1-2H3,(H,32,33)/t18-,21?,22?,23?,24+,27?. The normalized spacial score (nSPS) is 30.1. The van der Waals surface area contributed by atoms with E-state index >= 15 is 0 Å². The fourth-order valence-corrected chi connectivity index (χ4v) is 6.82. The Morgan fingerprint density at radius 2 is 1.82 bits per heavy atom. The summed E-state index contributed by atoms with van der Waals surface area (Å²) in [5.41, 5.74) is 1.90. The Labute approximate surface area is 202 Å². The van der Waals surface area contributed by atoms with Crippen LogP contribution >= 0.6 is 0 Å². The highest BCUT2D eigenvalue weighted by molar-refractivity contribution is 5.90. The first-order valence-electron chi connectivity index (χ1n) is 13.1. The zero-order chi connectivity index (χ0) is 23.8. The summed E-state index contributed by atoms with van der Waals surface area (Å²) in [7, 11) is 0. The van der Waals surface area contributed by atoms with Crippen molar-refractivity contribution in [3.63, 3.8) is 0 Å². The Morgan fingerprint density at radius 3 is 2.44 bits per heavy atom. The molecule has 2 saturated heterocycles. The average molecular weight is 461 g/mol. The van der Waals surface area contributed by atoms with E-state index in [0.29, 0.717) is 23.4 Å². The largest absolute Gasteiger partial charge is 0.489 e. The summed E-state index contributed by atoms with van der Waals surface area (Å²) in [5.74, 6) is 0.636. The number of benzene rings is 2. The molecule has 3 fully saturated rings. The van der Waals surface area contributed by atoms with Gasteiger partial charge in [0, 0.05) is 23.5 Å². The number of fused-ring (bicyclic) bond motifs is 3. The Balaban J connectivity index is 1.40. The maximum atomic E-state index is 11.6. The van der Waals surface area contributed by atoms with Gasteiger partial charge in [0.2, 0.25) is 0 Å². The molecule has 34 heavy (non-hydrogen) atoms. The van der Waals surface area contributed by atoms with Crippen LogP contribution in [0.25, 0.3) is 10.8 Å². The van der Waals surface area contributed by atoms with Crippen molar-refractivity contribution >= 4 is 16.7 Å². The van der Waals surface area contributed by atoms with E-state index in [4.69, 9.17) is 4.74 Å². The van der Waals surface area contributed by atoms with Crippen LogP contribution in [0, 0.1) is 23.2 Å². The number of rotatable bonds is 6. The van der Waals surface area contributed by atoms with Crippen LogP contribution in [0.4, 0.5) is 0 Å². The van der Waals surface area contributed by atoms with Gasteiger partial charge in [-0.2, -0.15) is 5.26 Å². The lowest BCUT2D eigenvalue weighted by Gasteiger charge is -2.42. The molecule has 180 valence electrons. The third-order valence-corrected chi connectivity index (χ3v) is 8.64. The summed E-state index contributed by atoms with van der Waals surface area (Å²) in [5, 5.41) is 21.6. The van der Waals surface area contributed by atoms with Crippen molar-refractivity contribution in [2.45, 2.75) is 95.9 Å². The molecule has 0 spiro atoms. The van der Waals surface area contributed by atoms with E-state index in [1.165, 1.54) is 18.4 Å². The molecule has 2 aromatic rings. The molecule has 0 aromatic heterocycles. The molecular formula is C29H36N2O3. The molecular weight excluding hydrogens is 424 g/mol. The lowest BCUT2D eigenvalue weighted by atomic mass is 9.87. The van der Waals surface area contributed by atoms with Crippen molar-refractivity contribution in [3.8, 4) is 11.8 Å². The van der Waals surface area contributed by atoms with Crippen LogP contribution in [0.1, 0.15) is 88.8 Å². The molecule has 3 unspecified atom stereocenters. The van der Waals surface area contributed by atoms with Gasteiger partial charge in [0.15, 0.2) is 0 Å². The number of ether oxygens (including phenoxy) is 1. The minimum absolute atomic E-state index is 0.202. The van der Waals surface area contributed by atoms with Crippen molar-refractivity contribution in [3.05, 3.63) is 41.5 Å². The third kappa shape index (κ3) is 4.29. The highest BCUT2D eigenvalue weighted by Gasteiger charge is 2.45. The second-order valence-electron chi connectivity index (χ2n) is 10.8. The molecule has 1 saturated carbocycles. The van der Waals surface area contributed by atoms with E-state index in [1.54, 1.807) is 0 Å². The van der Waals surface area contributed by atoms with Crippen LogP contribution in [0.3, 0.4) is 0 Å². The number of carboxylic acids is 1. The van der Waals surface area contributed by atoms with Gasteiger partial charge in [0.25, 0.3) is 0 Å². The SMILES string of the molecule is CCC(c1ccc2c(C#N)c(O[C@H]3CC[C@@H](C)CC3)ccc2c1)N1C2CCC1CC(C(=O)O)C2. The number of piperidine rings is 1. The second-order valence-corrected chi connectivity index (χ2v) is 10.8. The first kappa shape index (κ1) is 23.2. The van der Waals surface area contributed by atoms with Crippen LogP contribution in [0.2, 0.25) is 0 Å². The van der Waals surface area contributed by atoms with Crippen molar-refractivity contribution in [1.29, 1.82) is 5.26 Å². The minimum atomic E-state index is -0.639. The van der Waals surface area contributed by atoms with Crippen LogP contribution in [0.5, 0.6) is 5.75 Å². The van der Waals surface area contributed by atoms with Crippen molar-refractivity contribution in [2.24, 2.45) is 11.8 Å². The fraction of sp³-hybridized carbons (Fsp3) is 0.586. The molecule has 0 amide bonds. The fourth-order valence-electron chi connectivity index (χ4n) is 6.82. The summed E-state index contributed by atoms with van der Waals surface area (Å²) in [6.45, 7) is 4.52. The van der Waals surface area contributed by atoms with Crippen molar-refractivity contribution < 1.29 is 14.6 Å². The Hall–Kier alpha value is -2.58. The molecule has 2 heterocycles. The van der Waals surface area contributed by atoms with E-state index in [1.807, 2.05) is 6.07 Å². The number of carbonyl (C=O) groups is 1. The van der Waals surface area contributed by atoms with E-state index < -0.39 is 5.97 Å². The second kappa shape index (κ2) is 9.58. The number of hydrogen-bond acceptors (Lipinski definition) is 4. The first-order chi connectivity index (χ1) is 16.5. The van der Waals surface area contributed by atoms with Gasteiger partial charge >= 0.3 is 5.97 Å². The van der Waals surface area contributed by atoms with E-state index in [-0.39, 0.29) is 18.1 Å².